The van der Waals surface area contributed by atoms with E-state index in [9.17, 15) is 4.79 Å². The molecule has 0 bridgehead atoms. The summed E-state index contributed by atoms with van der Waals surface area (Å²) in [7, 11) is 0. The van der Waals surface area contributed by atoms with Gasteiger partial charge in [0.1, 0.15) is 11.0 Å². The predicted molar refractivity (Wildman–Crippen MR) is 77.1 cm³/mol. The van der Waals surface area contributed by atoms with Gasteiger partial charge in [0.15, 0.2) is 0 Å². The fourth-order valence-electron chi connectivity index (χ4n) is 1.38. The van der Waals surface area contributed by atoms with Crippen LogP contribution in [0.25, 0.3) is 0 Å². The van der Waals surface area contributed by atoms with Crippen molar-refractivity contribution in [2.45, 2.75) is 19.9 Å². The molecule has 0 aliphatic heterocycles. The summed E-state index contributed by atoms with van der Waals surface area (Å²) in [6.45, 7) is 3.83. The molecular weight excluding hydrogens is 272 g/mol. The number of halogens is 1. The lowest BCUT2D eigenvalue weighted by atomic mass is 10.2. The number of anilines is 1. The van der Waals surface area contributed by atoms with Gasteiger partial charge in [-0.05, 0) is 32.0 Å². The van der Waals surface area contributed by atoms with Crippen molar-refractivity contribution >= 4 is 40.5 Å². The number of thiocarbonyl (C=S) groups is 1. The summed E-state index contributed by atoms with van der Waals surface area (Å²) in [4.78, 5) is 11.7. The SMILES string of the molecule is CCOC(=O)C(C)Nc1ccc(C(N)=S)c(Cl)c1. The van der Waals surface area contributed by atoms with Gasteiger partial charge in [0.05, 0.1) is 11.6 Å². The first-order chi connectivity index (χ1) is 8.45. The van der Waals surface area contributed by atoms with Crippen molar-refractivity contribution in [3.8, 4) is 0 Å². The first kappa shape index (κ1) is 14.7. The molecule has 0 radical (unpaired) electrons. The number of hydrogen-bond acceptors (Lipinski definition) is 4. The minimum absolute atomic E-state index is 0.241. The van der Waals surface area contributed by atoms with Crippen LogP contribution in [-0.2, 0) is 9.53 Å². The molecule has 1 rings (SSSR count). The van der Waals surface area contributed by atoms with Crippen molar-refractivity contribution in [1.82, 2.24) is 0 Å². The maximum Gasteiger partial charge on any atom is 0.328 e. The third kappa shape index (κ3) is 3.85. The fourth-order valence-corrected chi connectivity index (χ4v) is 1.90. The minimum atomic E-state index is -0.448. The smallest absolute Gasteiger partial charge is 0.328 e. The summed E-state index contributed by atoms with van der Waals surface area (Å²) in [5.41, 5.74) is 6.83. The Balaban J connectivity index is 2.77. The zero-order valence-corrected chi connectivity index (χ0v) is 11.8. The van der Waals surface area contributed by atoms with E-state index < -0.39 is 6.04 Å². The quantitative estimate of drug-likeness (QED) is 0.642. The average molecular weight is 287 g/mol. The highest BCUT2D eigenvalue weighted by molar-refractivity contribution is 7.80. The molecular formula is C12H15ClN2O2S. The Bertz CT molecular complexity index is 465. The van der Waals surface area contributed by atoms with Gasteiger partial charge in [0.25, 0.3) is 0 Å². The predicted octanol–water partition coefficient (Wildman–Crippen LogP) is 2.34. The standard InChI is InChI=1S/C12H15ClN2O2S/c1-3-17-12(16)7(2)15-8-4-5-9(11(14)18)10(13)6-8/h4-7,15H,3H2,1-2H3,(H2,14,18). The second-order valence-electron chi connectivity index (χ2n) is 3.68. The van der Waals surface area contributed by atoms with Crippen LogP contribution < -0.4 is 11.1 Å². The monoisotopic (exact) mass is 286 g/mol. The largest absolute Gasteiger partial charge is 0.464 e. The summed E-state index contributed by atoms with van der Waals surface area (Å²) >= 11 is 10.9. The lowest BCUT2D eigenvalue weighted by molar-refractivity contribution is -0.143. The molecule has 0 spiro atoms. The molecule has 0 heterocycles. The summed E-state index contributed by atoms with van der Waals surface area (Å²) in [6, 6.07) is 4.70. The molecule has 4 nitrogen and oxygen atoms in total. The fraction of sp³-hybridized carbons (Fsp3) is 0.333. The molecule has 1 aromatic carbocycles. The van der Waals surface area contributed by atoms with Crippen molar-refractivity contribution in [1.29, 1.82) is 0 Å². The molecule has 3 N–H and O–H groups in total. The first-order valence-corrected chi connectivity index (χ1v) is 6.26. The van der Waals surface area contributed by atoms with Crippen LogP contribution in [0, 0.1) is 0 Å². The van der Waals surface area contributed by atoms with Gasteiger partial charge in [0, 0.05) is 11.3 Å². The number of ether oxygens (including phenoxy) is 1. The Morgan fingerprint density at radius 1 is 1.61 bits per heavy atom. The molecule has 0 saturated heterocycles. The van der Waals surface area contributed by atoms with E-state index >= 15 is 0 Å². The van der Waals surface area contributed by atoms with Gasteiger partial charge in [-0.15, -0.1) is 0 Å². The summed E-state index contributed by atoms with van der Waals surface area (Å²) < 4.78 is 4.89. The van der Waals surface area contributed by atoms with Gasteiger partial charge in [-0.1, -0.05) is 23.8 Å². The highest BCUT2D eigenvalue weighted by atomic mass is 35.5. The third-order valence-corrected chi connectivity index (χ3v) is 2.79. The summed E-state index contributed by atoms with van der Waals surface area (Å²) in [5, 5.41) is 3.44. The van der Waals surface area contributed by atoms with Gasteiger partial charge in [-0.3, -0.25) is 0 Å². The number of rotatable bonds is 5. The Labute approximate surface area is 116 Å². The van der Waals surface area contributed by atoms with E-state index in [1.165, 1.54) is 0 Å². The molecule has 0 aromatic heterocycles. The van der Waals surface area contributed by atoms with E-state index in [2.05, 4.69) is 5.32 Å². The van der Waals surface area contributed by atoms with E-state index in [0.717, 1.165) is 0 Å². The van der Waals surface area contributed by atoms with Crippen molar-refractivity contribution in [3.05, 3.63) is 28.8 Å². The van der Waals surface area contributed by atoms with Gasteiger partial charge < -0.3 is 15.8 Å². The van der Waals surface area contributed by atoms with E-state index in [-0.39, 0.29) is 11.0 Å². The number of nitrogens with two attached hydrogens (primary N) is 1. The summed E-state index contributed by atoms with van der Waals surface area (Å²) in [5.74, 6) is -0.313. The third-order valence-electron chi connectivity index (χ3n) is 2.26. The molecule has 0 fully saturated rings. The van der Waals surface area contributed by atoms with Crippen molar-refractivity contribution in [2.75, 3.05) is 11.9 Å². The zero-order chi connectivity index (χ0) is 13.7. The average Bonchev–Trinajstić information content (AvgIpc) is 2.28. The van der Waals surface area contributed by atoms with E-state index in [4.69, 9.17) is 34.3 Å². The molecule has 1 unspecified atom stereocenters. The van der Waals surface area contributed by atoms with Gasteiger partial charge in [-0.25, -0.2) is 4.79 Å². The zero-order valence-electron chi connectivity index (χ0n) is 10.2. The second kappa shape index (κ2) is 6.56. The minimum Gasteiger partial charge on any atom is -0.464 e. The van der Waals surface area contributed by atoms with Crippen molar-refractivity contribution < 1.29 is 9.53 Å². The molecule has 98 valence electrons. The van der Waals surface area contributed by atoms with E-state index in [0.29, 0.717) is 22.9 Å². The summed E-state index contributed by atoms with van der Waals surface area (Å²) in [6.07, 6.45) is 0. The lowest BCUT2D eigenvalue weighted by Gasteiger charge is -2.14. The van der Waals surface area contributed by atoms with E-state index in [1.54, 1.807) is 32.0 Å². The molecule has 1 aromatic rings. The normalized spacial score (nSPS) is 11.7. The van der Waals surface area contributed by atoms with E-state index in [1.807, 2.05) is 0 Å². The number of nitrogens with one attached hydrogen (secondary N) is 1. The molecule has 0 aliphatic rings. The maximum absolute atomic E-state index is 11.4. The van der Waals surface area contributed by atoms with Crippen LogP contribution in [0.2, 0.25) is 5.02 Å². The maximum atomic E-state index is 11.4. The van der Waals surface area contributed by atoms with Gasteiger partial charge in [-0.2, -0.15) is 0 Å². The van der Waals surface area contributed by atoms with Crippen LogP contribution in [0.15, 0.2) is 18.2 Å². The van der Waals surface area contributed by atoms with Crippen LogP contribution in [0.3, 0.4) is 0 Å². The van der Waals surface area contributed by atoms with Gasteiger partial charge >= 0.3 is 5.97 Å². The number of esters is 1. The highest BCUT2D eigenvalue weighted by Crippen LogP contribution is 2.21. The van der Waals surface area contributed by atoms with Crippen LogP contribution in [0.1, 0.15) is 19.4 Å². The van der Waals surface area contributed by atoms with Crippen molar-refractivity contribution in [3.63, 3.8) is 0 Å². The lowest BCUT2D eigenvalue weighted by Crippen LogP contribution is -2.28. The van der Waals surface area contributed by atoms with Crippen LogP contribution in [0.4, 0.5) is 5.69 Å². The van der Waals surface area contributed by atoms with Gasteiger partial charge in [0.2, 0.25) is 0 Å². The van der Waals surface area contributed by atoms with Crippen LogP contribution in [-0.4, -0.2) is 23.6 Å². The number of benzene rings is 1. The molecule has 18 heavy (non-hydrogen) atoms. The molecule has 0 saturated carbocycles. The second-order valence-corrected chi connectivity index (χ2v) is 4.52. The Hall–Kier alpha value is -1.33. The topological polar surface area (TPSA) is 64.3 Å². The molecule has 6 heteroatoms. The number of carbonyl (C=O) groups is 1. The molecule has 0 amide bonds. The van der Waals surface area contributed by atoms with Crippen molar-refractivity contribution in [2.24, 2.45) is 5.73 Å². The van der Waals surface area contributed by atoms with Crippen LogP contribution >= 0.6 is 23.8 Å². The molecule has 1 atom stereocenters. The Morgan fingerprint density at radius 2 is 2.28 bits per heavy atom. The highest BCUT2D eigenvalue weighted by Gasteiger charge is 2.14. The Morgan fingerprint density at radius 3 is 2.78 bits per heavy atom. The Kier molecular flexibility index (Phi) is 5.37. The molecule has 0 aliphatic carbocycles. The van der Waals surface area contributed by atoms with Crippen LogP contribution in [0.5, 0.6) is 0 Å². The number of hydrogen-bond donors (Lipinski definition) is 2. The first-order valence-electron chi connectivity index (χ1n) is 5.48. The number of carbonyl (C=O) groups excluding carboxylic acids is 1.